The first-order chi connectivity index (χ1) is 7.63. The van der Waals surface area contributed by atoms with Crippen LogP contribution in [0.5, 0.6) is 0 Å². The molecule has 0 aromatic heterocycles. The minimum absolute atomic E-state index is 0.328. The van der Waals surface area contributed by atoms with E-state index in [0.717, 1.165) is 17.9 Å². The Morgan fingerprint density at radius 3 is 2.62 bits per heavy atom. The van der Waals surface area contributed by atoms with E-state index in [4.69, 9.17) is 5.11 Å². The highest BCUT2D eigenvalue weighted by molar-refractivity contribution is 7.99. The van der Waals surface area contributed by atoms with Crippen LogP contribution in [0.4, 0.5) is 0 Å². The second-order valence-electron chi connectivity index (χ2n) is 3.86. The second-order valence-corrected chi connectivity index (χ2v) is 5.01. The van der Waals surface area contributed by atoms with Crippen LogP contribution in [0.1, 0.15) is 19.3 Å². The van der Waals surface area contributed by atoms with Gasteiger partial charge >= 0.3 is 5.97 Å². The Morgan fingerprint density at radius 2 is 2.19 bits per heavy atom. The van der Waals surface area contributed by atoms with Crippen molar-refractivity contribution in [2.24, 2.45) is 5.41 Å². The molecule has 0 spiro atoms. The fourth-order valence-corrected chi connectivity index (χ4v) is 2.22. The maximum atomic E-state index is 11.7. The van der Waals surface area contributed by atoms with Crippen LogP contribution in [0.25, 0.3) is 0 Å². The summed E-state index contributed by atoms with van der Waals surface area (Å²) in [7, 11) is 0. The highest BCUT2D eigenvalue weighted by Gasteiger charge is 2.50. The molecule has 1 saturated carbocycles. The highest BCUT2D eigenvalue weighted by Crippen LogP contribution is 2.41. The molecule has 0 aromatic carbocycles. The zero-order chi connectivity index (χ0) is 12.0. The number of carboxylic acids is 1. The molecule has 0 unspecified atom stereocenters. The van der Waals surface area contributed by atoms with Gasteiger partial charge in [0.15, 0.2) is 0 Å². The Morgan fingerprint density at radius 1 is 1.50 bits per heavy atom. The van der Waals surface area contributed by atoms with Crippen molar-refractivity contribution >= 4 is 23.6 Å². The number of nitrogens with one attached hydrogen (secondary N) is 1. The van der Waals surface area contributed by atoms with Gasteiger partial charge in [-0.15, -0.1) is 6.58 Å². The van der Waals surface area contributed by atoms with Crippen LogP contribution in [0.2, 0.25) is 0 Å². The van der Waals surface area contributed by atoms with Crippen LogP contribution < -0.4 is 5.32 Å². The average molecular weight is 243 g/mol. The van der Waals surface area contributed by atoms with Crippen molar-refractivity contribution in [2.45, 2.75) is 19.3 Å². The smallest absolute Gasteiger partial charge is 0.319 e. The lowest BCUT2D eigenvalue weighted by molar-refractivity contribution is -0.162. The van der Waals surface area contributed by atoms with E-state index >= 15 is 0 Å². The van der Waals surface area contributed by atoms with Crippen molar-refractivity contribution < 1.29 is 14.7 Å². The maximum absolute atomic E-state index is 11.7. The largest absolute Gasteiger partial charge is 0.480 e. The molecule has 0 atom stereocenters. The van der Waals surface area contributed by atoms with Gasteiger partial charge in [0.2, 0.25) is 5.91 Å². The van der Waals surface area contributed by atoms with Gasteiger partial charge < -0.3 is 10.4 Å². The third kappa shape index (κ3) is 2.78. The zero-order valence-electron chi connectivity index (χ0n) is 9.20. The molecule has 0 heterocycles. The quantitative estimate of drug-likeness (QED) is 0.401. The summed E-state index contributed by atoms with van der Waals surface area (Å²) >= 11 is 1.66. The number of hydrogen-bond donors (Lipinski definition) is 2. The molecule has 90 valence electrons. The third-order valence-corrected chi connectivity index (χ3v) is 3.78. The van der Waals surface area contributed by atoms with Crippen molar-refractivity contribution in [3.05, 3.63) is 12.7 Å². The fourth-order valence-electron chi connectivity index (χ4n) is 1.64. The lowest BCUT2D eigenvalue weighted by Crippen LogP contribution is -2.51. The Hall–Kier alpha value is -0.970. The molecule has 1 aliphatic rings. The van der Waals surface area contributed by atoms with Gasteiger partial charge in [-0.05, 0) is 12.8 Å². The summed E-state index contributed by atoms with van der Waals surface area (Å²) < 4.78 is 0. The SMILES string of the molecule is C=CCSCCNC(=O)C1(C(=O)O)CCC1. The van der Waals surface area contributed by atoms with Gasteiger partial charge in [-0.3, -0.25) is 9.59 Å². The van der Waals surface area contributed by atoms with Gasteiger partial charge in [0, 0.05) is 18.1 Å². The molecule has 4 nitrogen and oxygen atoms in total. The summed E-state index contributed by atoms with van der Waals surface area (Å²) in [6.07, 6.45) is 3.56. The molecule has 0 bridgehead atoms. The summed E-state index contributed by atoms with van der Waals surface area (Å²) in [5.41, 5.74) is -1.14. The van der Waals surface area contributed by atoms with Crippen LogP contribution in [-0.2, 0) is 9.59 Å². The molecule has 0 saturated heterocycles. The van der Waals surface area contributed by atoms with E-state index in [9.17, 15) is 9.59 Å². The van der Waals surface area contributed by atoms with Crippen molar-refractivity contribution in [1.82, 2.24) is 5.32 Å². The van der Waals surface area contributed by atoms with Crippen molar-refractivity contribution in [3.8, 4) is 0 Å². The summed E-state index contributed by atoms with van der Waals surface area (Å²) in [4.78, 5) is 22.7. The molecule has 2 N–H and O–H groups in total. The molecule has 16 heavy (non-hydrogen) atoms. The lowest BCUT2D eigenvalue weighted by atomic mass is 9.68. The predicted molar refractivity (Wildman–Crippen MR) is 64.5 cm³/mol. The minimum Gasteiger partial charge on any atom is -0.480 e. The number of hydrogen-bond acceptors (Lipinski definition) is 3. The first-order valence-corrected chi connectivity index (χ1v) is 6.49. The van der Waals surface area contributed by atoms with Gasteiger partial charge in [0.25, 0.3) is 0 Å². The first kappa shape index (κ1) is 13.1. The van der Waals surface area contributed by atoms with E-state index in [1.54, 1.807) is 17.8 Å². The van der Waals surface area contributed by atoms with Crippen molar-refractivity contribution in [2.75, 3.05) is 18.1 Å². The summed E-state index contributed by atoms with van der Waals surface area (Å²) in [5, 5.41) is 11.7. The van der Waals surface area contributed by atoms with E-state index in [2.05, 4.69) is 11.9 Å². The molecular weight excluding hydrogens is 226 g/mol. The highest BCUT2D eigenvalue weighted by atomic mass is 32.2. The van der Waals surface area contributed by atoms with Crippen LogP contribution in [-0.4, -0.2) is 35.0 Å². The maximum Gasteiger partial charge on any atom is 0.319 e. The van der Waals surface area contributed by atoms with Gasteiger partial charge in [0.1, 0.15) is 5.41 Å². The molecule has 1 amide bonds. The molecule has 0 radical (unpaired) electrons. The molecule has 1 fully saturated rings. The van der Waals surface area contributed by atoms with Gasteiger partial charge in [0.05, 0.1) is 0 Å². The Labute approximate surface area is 99.5 Å². The van der Waals surface area contributed by atoms with Crippen molar-refractivity contribution in [3.63, 3.8) is 0 Å². The van der Waals surface area contributed by atoms with Gasteiger partial charge in [-0.25, -0.2) is 0 Å². The van der Waals surface area contributed by atoms with E-state index in [-0.39, 0.29) is 5.91 Å². The van der Waals surface area contributed by atoms with Gasteiger partial charge in [-0.1, -0.05) is 12.5 Å². The molecule has 0 aromatic rings. The molecule has 0 aliphatic heterocycles. The average Bonchev–Trinajstić information content (AvgIpc) is 2.15. The fraction of sp³-hybridized carbons (Fsp3) is 0.636. The van der Waals surface area contributed by atoms with E-state index in [0.29, 0.717) is 19.4 Å². The number of amides is 1. The molecule has 1 aliphatic carbocycles. The van der Waals surface area contributed by atoms with E-state index < -0.39 is 11.4 Å². The number of carbonyl (C=O) groups is 2. The van der Waals surface area contributed by atoms with Crippen LogP contribution in [0.3, 0.4) is 0 Å². The third-order valence-electron chi connectivity index (χ3n) is 2.82. The van der Waals surface area contributed by atoms with E-state index in [1.165, 1.54) is 0 Å². The number of thioether (sulfide) groups is 1. The lowest BCUT2D eigenvalue weighted by Gasteiger charge is -2.35. The predicted octanol–water partition coefficient (Wildman–Crippen LogP) is 1.28. The van der Waals surface area contributed by atoms with Crippen LogP contribution in [0.15, 0.2) is 12.7 Å². The summed E-state index contributed by atoms with van der Waals surface area (Å²) in [6, 6.07) is 0. The Kier molecular flexibility index (Phi) is 4.86. The normalized spacial score (nSPS) is 17.2. The van der Waals surface area contributed by atoms with E-state index in [1.807, 2.05) is 0 Å². The van der Waals surface area contributed by atoms with Crippen LogP contribution in [0, 0.1) is 5.41 Å². The molecule has 1 rings (SSSR count). The van der Waals surface area contributed by atoms with Gasteiger partial charge in [-0.2, -0.15) is 11.8 Å². The summed E-state index contributed by atoms with van der Waals surface area (Å²) in [5.74, 6) is 0.313. The topological polar surface area (TPSA) is 66.4 Å². The first-order valence-electron chi connectivity index (χ1n) is 5.34. The summed E-state index contributed by atoms with van der Waals surface area (Å²) in [6.45, 7) is 4.11. The van der Waals surface area contributed by atoms with Crippen molar-refractivity contribution in [1.29, 1.82) is 0 Å². The number of carbonyl (C=O) groups excluding carboxylic acids is 1. The second kappa shape index (κ2) is 5.94. The standard InChI is InChI=1S/C11H17NO3S/c1-2-7-16-8-6-12-9(13)11(10(14)15)4-3-5-11/h2H,1,3-8H2,(H,12,13)(H,14,15). The molecule has 5 heteroatoms. The number of rotatable bonds is 7. The number of carboxylic acid groups (broad SMARTS) is 1. The Balaban J connectivity index is 2.28. The Bertz CT molecular complexity index is 287. The molecular formula is C11H17NO3S. The minimum atomic E-state index is -1.14. The zero-order valence-corrected chi connectivity index (χ0v) is 10.0. The monoisotopic (exact) mass is 243 g/mol. The number of aliphatic carboxylic acids is 1. The van der Waals surface area contributed by atoms with Crippen LogP contribution >= 0.6 is 11.8 Å².